The zero-order valence-electron chi connectivity index (χ0n) is 12.2. The molecule has 20 heavy (non-hydrogen) atoms. The van der Waals surface area contributed by atoms with Crippen molar-refractivity contribution >= 4 is 0 Å². The molecule has 2 aromatic carbocycles. The maximum Gasteiger partial charge on any atom is 0.00768 e. The number of rotatable bonds is 8. The zero-order valence-corrected chi connectivity index (χ0v) is 12.2. The molecule has 106 valence electrons. The molecule has 0 aromatic heterocycles. The molecule has 0 aliphatic rings. The molecule has 2 rings (SSSR count). The SMILES string of the molecule is CCNCCNCCc1ccc(-c2ccccc2)cc1. The molecule has 0 saturated carbocycles. The van der Waals surface area contributed by atoms with E-state index in [1.54, 1.807) is 0 Å². The van der Waals surface area contributed by atoms with E-state index in [4.69, 9.17) is 0 Å². The summed E-state index contributed by atoms with van der Waals surface area (Å²) in [5.74, 6) is 0. The minimum Gasteiger partial charge on any atom is -0.316 e. The van der Waals surface area contributed by atoms with E-state index < -0.39 is 0 Å². The van der Waals surface area contributed by atoms with Crippen LogP contribution in [-0.2, 0) is 6.42 Å². The molecule has 2 aromatic rings. The van der Waals surface area contributed by atoms with Crippen molar-refractivity contribution < 1.29 is 0 Å². The first-order chi connectivity index (χ1) is 9.90. The molecule has 0 bridgehead atoms. The van der Waals surface area contributed by atoms with Gasteiger partial charge in [0.05, 0.1) is 0 Å². The largest absolute Gasteiger partial charge is 0.316 e. The Morgan fingerprint density at radius 1 is 0.700 bits per heavy atom. The lowest BCUT2D eigenvalue weighted by Crippen LogP contribution is -2.28. The Morgan fingerprint density at radius 3 is 2.05 bits per heavy atom. The first-order valence-corrected chi connectivity index (χ1v) is 7.46. The van der Waals surface area contributed by atoms with E-state index in [9.17, 15) is 0 Å². The summed E-state index contributed by atoms with van der Waals surface area (Å²) in [6.45, 7) is 6.30. The molecule has 0 saturated heterocycles. The summed E-state index contributed by atoms with van der Waals surface area (Å²) < 4.78 is 0. The van der Waals surface area contributed by atoms with Gasteiger partial charge in [-0.1, -0.05) is 61.5 Å². The molecule has 0 atom stereocenters. The first-order valence-electron chi connectivity index (χ1n) is 7.46. The Morgan fingerprint density at radius 2 is 1.35 bits per heavy atom. The van der Waals surface area contributed by atoms with Crippen molar-refractivity contribution in [1.82, 2.24) is 10.6 Å². The number of hydrogen-bond donors (Lipinski definition) is 2. The lowest BCUT2D eigenvalue weighted by atomic mass is 10.0. The van der Waals surface area contributed by atoms with Crippen molar-refractivity contribution in [2.45, 2.75) is 13.3 Å². The van der Waals surface area contributed by atoms with Crippen LogP contribution in [0.1, 0.15) is 12.5 Å². The van der Waals surface area contributed by atoms with Crippen LogP contribution < -0.4 is 10.6 Å². The molecule has 0 aliphatic heterocycles. The second-order valence-electron chi connectivity index (χ2n) is 4.92. The van der Waals surface area contributed by atoms with Gasteiger partial charge in [0.2, 0.25) is 0 Å². The van der Waals surface area contributed by atoms with Gasteiger partial charge in [0.15, 0.2) is 0 Å². The molecule has 0 spiro atoms. The van der Waals surface area contributed by atoms with Gasteiger partial charge < -0.3 is 10.6 Å². The molecule has 0 radical (unpaired) electrons. The van der Waals surface area contributed by atoms with Crippen LogP contribution in [0.2, 0.25) is 0 Å². The topological polar surface area (TPSA) is 24.1 Å². The van der Waals surface area contributed by atoms with Gasteiger partial charge in [-0.3, -0.25) is 0 Å². The Bertz CT molecular complexity index is 477. The molecule has 2 heteroatoms. The van der Waals surface area contributed by atoms with Gasteiger partial charge in [-0.2, -0.15) is 0 Å². The van der Waals surface area contributed by atoms with Crippen molar-refractivity contribution in [3.8, 4) is 11.1 Å². The van der Waals surface area contributed by atoms with Crippen molar-refractivity contribution in [2.75, 3.05) is 26.2 Å². The zero-order chi connectivity index (χ0) is 14.0. The highest BCUT2D eigenvalue weighted by atomic mass is 14.9. The minimum absolute atomic E-state index is 1.04. The third-order valence-corrected chi connectivity index (χ3v) is 3.38. The minimum atomic E-state index is 1.04. The molecule has 0 unspecified atom stereocenters. The van der Waals surface area contributed by atoms with Gasteiger partial charge >= 0.3 is 0 Å². The van der Waals surface area contributed by atoms with Gasteiger partial charge in [-0.15, -0.1) is 0 Å². The number of nitrogens with one attached hydrogen (secondary N) is 2. The Hall–Kier alpha value is -1.64. The summed E-state index contributed by atoms with van der Waals surface area (Å²) in [7, 11) is 0. The second-order valence-corrected chi connectivity index (χ2v) is 4.92. The molecule has 2 N–H and O–H groups in total. The van der Waals surface area contributed by atoms with Crippen LogP contribution in [0.25, 0.3) is 11.1 Å². The monoisotopic (exact) mass is 268 g/mol. The van der Waals surface area contributed by atoms with E-state index in [0.29, 0.717) is 0 Å². The van der Waals surface area contributed by atoms with Crippen molar-refractivity contribution in [1.29, 1.82) is 0 Å². The Labute approximate surface area is 122 Å². The molecule has 0 aliphatic carbocycles. The van der Waals surface area contributed by atoms with E-state index >= 15 is 0 Å². The summed E-state index contributed by atoms with van der Waals surface area (Å²) in [5, 5.41) is 6.76. The van der Waals surface area contributed by atoms with Gasteiger partial charge in [0.25, 0.3) is 0 Å². The highest BCUT2D eigenvalue weighted by molar-refractivity contribution is 5.63. The fraction of sp³-hybridized carbons (Fsp3) is 0.333. The maximum atomic E-state index is 3.45. The summed E-state index contributed by atoms with van der Waals surface area (Å²) >= 11 is 0. The highest BCUT2D eigenvalue weighted by Gasteiger charge is 1.97. The maximum absolute atomic E-state index is 3.45. The van der Waals surface area contributed by atoms with Crippen molar-refractivity contribution in [3.63, 3.8) is 0 Å². The number of likely N-dealkylation sites (N-methyl/N-ethyl adjacent to an activating group) is 1. The van der Waals surface area contributed by atoms with Crippen LogP contribution in [0, 0.1) is 0 Å². The van der Waals surface area contributed by atoms with Crippen LogP contribution >= 0.6 is 0 Å². The molecule has 2 nitrogen and oxygen atoms in total. The third kappa shape index (κ3) is 4.80. The highest BCUT2D eigenvalue weighted by Crippen LogP contribution is 2.19. The van der Waals surface area contributed by atoms with Crippen LogP contribution in [-0.4, -0.2) is 26.2 Å². The second kappa shape index (κ2) is 8.51. The fourth-order valence-electron chi connectivity index (χ4n) is 2.21. The molecular formula is C18H24N2. The van der Waals surface area contributed by atoms with Gasteiger partial charge in [0, 0.05) is 13.1 Å². The Balaban J connectivity index is 1.77. The van der Waals surface area contributed by atoms with Crippen LogP contribution in [0.3, 0.4) is 0 Å². The van der Waals surface area contributed by atoms with Crippen LogP contribution in [0.15, 0.2) is 54.6 Å². The summed E-state index contributed by atoms with van der Waals surface area (Å²) in [6, 6.07) is 19.4. The lowest BCUT2D eigenvalue weighted by Gasteiger charge is -2.06. The molecule has 0 amide bonds. The van der Waals surface area contributed by atoms with Gasteiger partial charge in [0.1, 0.15) is 0 Å². The summed E-state index contributed by atoms with van der Waals surface area (Å²) in [6.07, 6.45) is 1.08. The fourth-order valence-corrected chi connectivity index (χ4v) is 2.21. The summed E-state index contributed by atoms with van der Waals surface area (Å²) in [4.78, 5) is 0. The van der Waals surface area contributed by atoms with Crippen LogP contribution in [0.4, 0.5) is 0 Å². The smallest absolute Gasteiger partial charge is 0.00768 e. The van der Waals surface area contributed by atoms with E-state index in [0.717, 1.165) is 32.6 Å². The quantitative estimate of drug-likeness (QED) is 0.719. The van der Waals surface area contributed by atoms with E-state index in [2.05, 4.69) is 72.2 Å². The van der Waals surface area contributed by atoms with Gasteiger partial charge in [-0.05, 0) is 36.2 Å². The summed E-state index contributed by atoms with van der Waals surface area (Å²) in [5.41, 5.74) is 3.96. The van der Waals surface area contributed by atoms with Gasteiger partial charge in [-0.25, -0.2) is 0 Å². The Kier molecular flexibility index (Phi) is 6.28. The van der Waals surface area contributed by atoms with E-state index in [-0.39, 0.29) is 0 Å². The van der Waals surface area contributed by atoms with Crippen molar-refractivity contribution in [3.05, 3.63) is 60.2 Å². The standard InChI is InChI=1S/C18H24N2/c1-2-19-14-15-20-13-12-16-8-10-18(11-9-16)17-6-4-3-5-7-17/h3-11,19-20H,2,12-15H2,1H3. The van der Waals surface area contributed by atoms with Crippen LogP contribution in [0.5, 0.6) is 0 Å². The van der Waals surface area contributed by atoms with E-state index in [1.165, 1.54) is 16.7 Å². The molecular weight excluding hydrogens is 244 g/mol. The first kappa shape index (κ1) is 14.8. The third-order valence-electron chi connectivity index (χ3n) is 3.38. The average Bonchev–Trinajstić information content (AvgIpc) is 2.52. The number of hydrogen-bond acceptors (Lipinski definition) is 2. The average molecular weight is 268 g/mol. The van der Waals surface area contributed by atoms with Crippen molar-refractivity contribution in [2.24, 2.45) is 0 Å². The predicted molar refractivity (Wildman–Crippen MR) is 87.0 cm³/mol. The molecule has 0 heterocycles. The lowest BCUT2D eigenvalue weighted by molar-refractivity contribution is 0.624. The molecule has 0 fully saturated rings. The number of benzene rings is 2. The van der Waals surface area contributed by atoms with E-state index in [1.807, 2.05) is 0 Å². The normalized spacial score (nSPS) is 10.7. The predicted octanol–water partition coefficient (Wildman–Crippen LogP) is 3.10.